The summed E-state index contributed by atoms with van der Waals surface area (Å²) in [4.78, 5) is 14.2. The lowest BCUT2D eigenvalue weighted by molar-refractivity contribution is -0.123. The van der Waals surface area contributed by atoms with Gasteiger partial charge in [0.25, 0.3) is 5.91 Å². The van der Waals surface area contributed by atoms with E-state index in [1.807, 2.05) is 24.3 Å². The second-order valence-corrected chi connectivity index (χ2v) is 6.96. The van der Waals surface area contributed by atoms with Gasteiger partial charge in [0.05, 0.1) is 6.10 Å². The molecular weight excluding hydrogens is 340 g/mol. The number of aliphatic hydroxyl groups is 1. The molecule has 0 saturated carbocycles. The first-order valence-electron chi connectivity index (χ1n) is 9.60. The van der Waals surface area contributed by atoms with E-state index in [1.54, 1.807) is 0 Å². The van der Waals surface area contributed by atoms with Crippen LogP contribution in [-0.4, -0.2) is 48.3 Å². The van der Waals surface area contributed by atoms with Crippen molar-refractivity contribution < 1.29 is 14.6 Å². The molecule has 3 rings (SSSR count). The number of carbonyl (C=O) groups is 1. The minimum absolute atomic E-state index is 0.0409. The van der Waals surface area contributed by atoms with Crippen LogP contribution in [0, 0.1) is 0 Å². The van der Waals surface area contributed by atoms with Crippen molar-refractivity contribution in [1.82, 2.24) is 10.2 Å². The lowest BCUT2D eigenvalue weighted by atomic mass is 10.00. The predicted molar refractivity (Wildman–Crippen MR) is 106 cm³/mol. The van der Waals surface area contributed by atoms with Crippen LogP contribution < -0.4 is 10.1 Å². The predicted octanol–water partition coefficient (Wildman–Crippen LogP) is 2.16. The largest absolute Gasteiger partial charge is 0.483 e. The first-order valence-corrected chi connectivity index (χ1v) is 9.60. The van der Waals surface area contributed by atoms with E-state index in [4.69, 9.17) is 4.74 Å². The molecule has 1 heterocycles. The van der Waals surface area contributed by atoms with Crippen molar-refractivity contribution >= 4 is 5.91 Å². The van der Waals surface area contributed by atoms with Crippen LogP contribution in [0.2, 0.25) is 0 Å². The Bertz CT molecular complexity index is 763. The number of fused-ring (bicyclic) bond motifs is 1. The molecule has 0 radical (unpaired) electrons. The Morgan fingerprint density at radius 2 is 1.93 bits per heavy atom. The van der Waals surface area contributed by atoms with Crippen LogP contribution in [0.5, 0.6) is 5.75 Å². The Morgan fingerprint density at radius 1 is 1.19 bits per heavy atom. The van der Waals surface area contributed by atoms with Gasteiger partial charge in [-0.25, -0.2) is 0 Å². The van der Waals surface area contributed by atoms with Gasteiger partial charge in [-0.15, -0.1) is 0 Å². The fourth-order valence-corrected chi connectivity index (χ4v) is 3.44. The highest BCUT2D eigenvalue weighted by Crippen LogP contribution is 2.19. The summed E-state index contributed by atoms with van der Waals surface area (Å²) in [5.74, 6) is 0.520. The van der Waals surface area contributed by atoms with Gasteiger partial charge >= 0.3 is 0 Å². The van der Waals surface area contributed by atoms with Gasteiger partial charge in [0.1, 0.15) is 5.75 Å². The summed E-state index contributed by atoms with van der Waals surface area (Å²) in [6.45, 7) is 4.57. The van der Waals surface area contributed by atoms with E-state index in [9.17, 15) is 9.90 Å². The second-order valence-electron chi connectivity index (χ2n) is 6.96. The lowest BCUT2D eigenvalue weighted by Gasteiger charge is -2.30. The fraction of sp³-hybridized carbons (Fsp3) is 0.409. The summed E-state index contributed by atoms with van der Waals surface area (Å²) in [6, 6.07) is 16.1. The Hall–Kier alpha value is -2.37. The molecule has 2 aromatic rings. The molecule has 1 aliphatic rings. The maximum absolute atomic E-state index is 12.0. The molecule has 0 aromatic heterocycles. The van der Waals surface area contributed by atoms with Crippen LogP contribution in [0.4, 0.5) is 0 Å². The summed E-state index contributed by atoms with van der Waals surface area (Å²) in [7, 11) is 0. The zero-order valence-electron chi connectivity index (χ0n) is 15.9. The zero-order valence-corrected chi connectivity index (χ0v) is 15.9. The molecule has 5 nitrogen and oxygen atoms in total. The summed E-state index contributed by atoms with van der Waals surface area (Å²) in [5.41, 5.74) is 3.79. The molecule has 2 N–H and O–H groups in total. The SMILES string of the molecule is CCc1ccccc1OCC(=O)NCC(O)CN1CCc2ccccc2C1. The van der Waals surface area contributed by atoms with Gasteiger partial charge in [-0.3, -0.25) is 9.69 Å². The van der Waals surface area contributed by atoms with Crippen molar-refractivity contribution in [2.45, 2.75) is 32.4 Å². The Labute approximate surface area is 161 Å². The number of carbonyl (C=O) groups excluding carboxylic acids is 1. The fourth-order valence-electron chi connectivity index (χ4n) is 3.44. The van der Waals surface area contributed by atoms with E-state index in [0.29, 0.717) is 6.54 Å². The third kappa shape index (κ3) is 5.55. The first-order chi connectivity index (χ1) is 13.2. The topological polar surface area (TPSA) is 61.8 Å². The van der Waals surface area contributed by atoms with Crippen molar-refractivity contribution in [3.63, 3.8) is 0 Å². The van der Waals surface area contributed by atoms with Crippen LogP contribution >= 0.6 is 0 Å². The molecule has 2 aromatic carbocycles. The van der Waals surface area contributed by atoms with E-state index in [-0.39, 0.29) is 19.1 Å². The molecule has 0 spiro atoms. The Kier molecular flexibility index (Phi) is 6.85. The van der Waals surface area contributed by atoms with Crippen LogP contribution in [-0.2, 0) is 24.2 Å². The summed E-state index contributed by atoms with van der Waals surface area (Å²) >= 11 is 0. The molecular formula is C22H28N2O3. The van der Waals surface area contributed by atoms with Crippen molar-refractivity contribution in [2.24, 2.45) is 0 Å². The van der Waals surface area contributed by atoms with E-state index >= 15 is 0 Å². The quantitative estimate of drug-likeness (QED) is 0.750. The number of amides is 1. The molecule has 0 fully saturated rings. The van der Waals surface area contributed by atoms with E-state index in [0.717, 1.165) is 37.2 Å². The molecule has 1 aliphatic heterocycles. The smallest absolute Gasteiger partial charge is 0.258 e. The number of aryl methyl sites for hydroxylation is 1. The molecule has 0 bridgehead atoms. The van der Waals surface area contributed by atoms with Gasteiger partial charge in [0.15, 0.2) is 6.61 Å². The van der Waals surface area contributed by atoms with Gasteiger partial charge in [-0.1, -0.05) is 49.4 Å². The van der Waals surface area contributed by atoms with E-state index in [1.165, 1.54) is 11.1 Å². The number of hydrogen-bond donors (Lipinski definition) is 2. The Morgan fingerprint density at radius 3 is 2.74 bits per heavy atom. The second kappa shape index (κ2) is 9.53. The first kappa shape index (κ1) is 19.4. The molecule has 144 valence electrons. The third-order valence-electron chi connectivity index (χ3n) is 4.93. The minimum Gasteiger partial charge on any atom is -0.483 e. The molecule has 5 heteroatoms. The number of ether oxygens (including phenoxy) is 1. The Balaban J connectivity index is 1.39. The molecule has 0 aliphatic carbocycles. The average molecular weight is 368 g/mol. The number of hydrogen-bond acceptors (Lipinski definition) is 4. The van der Waals surface area contributed by atoms with Crippen LogP contribution in [0.3, 0.4) is 0 Å². The molecule has 1 amide bonds. The molecule has 0 saturated heterocycles. The van der Waals surface area contributed by atoms with Gasteiger partial charge in [-0.05, 0) is 35.6 Å². The summed E-state index contributed by atoms with van der Waals surface area (Å²) in [6.07, 6.45) is 1.26. The summed E-state index contributed by atoms with van der Waals surface area (Å²) < 4.78 is 5.61. The number of rotatable bonds is 8. The van der Waals surface area contributed by atoms with Crippen molar-refractivity contribution in [3.05, 3.63) is 65.2 Å². The number of nitrogens with zero attached hydrogens (tertiary/aromatic N) is 1. The summed E-state index contributed by atoms with van der Waals surface area (Å²) in [5, 5.41) is 13.0. The normalized spacial score (nSPS) is 15.0. The number of aliphatic hydroxyl groups excluding tert-OH is 1. The molecule has 1 unspecified atom stereocenters. The van der Waals surface area contributed by atoms with Crippen LogP contribution in [0.25, 0.3) is 0 Å². The number of benzene rings is 2. The zero-order chi connectivity index (χ0) is 19.1. The maximum atomic E-state index is 12.0. The number of para-hydroxylation sites is 1. The van der Waals surface area contributed by atoms with Crippen LogP contribution in [0.15, 0.2) is 48.5 Å². The van der Waals surface area contributed by atoms with Gasteiger partial charge in [-0.2, -0.15) is 0 Å². The van der Waals surface area contributed by atoms with Gasteiger partial charge in [0.2, 0.25) is 0 Å². The highest BCUT2D eigenvalue weighted by molar-refractivity contribution is 5.77. The molecule has 1 atom stereocenters. The van der Waals surface area contributed by atoms with E-state index < -0.39 is 6.10 Å². The van der Waals surface area contributed by atoms with Crippen LogP contribution in [0.1, 0.15) is 23.6 Å². The van der Waals surface area contributed by atoms with Gasteiger partial charge in [0, 0.05) is 26.2 Å². The number of β-amino-alcohol motifs (C(OH)–C–C–N with tert-alkyl or cyclic N) is 1. The van der Waals surface area contributed by atoms with Crippen molar-refractivity contribution in [2.75, 3.05) is 26.2 Å². The molecule has 27 heavy (non-hydrogen) atoms. The number of nitrogens with one attached hydrogen (secondary N) is 1. The third-order valence-corrected chi connectivity index (χ3v) is 4.93. The lowest BCUT2D eigenvalue weighted by Crippen LogP contribution is -2.42. The maximum Gasteiger partial charge on any atom is 0.258 e. The van der Waals surface area contributed by atoms with E-state index in [2.05, 4.69) is 41.4 Å². The highest BCUT2D eigenvalue weighted by Gasteiger charge is 2.18. The van der Waals surface area contributed by atoms with Gasteiger partial charge < -0.3 is 15.2 Å². The van der Waals surface area contributed by atoms with Crippen molar-refractivity contribution in [3.8, 4) is 5.75 Å². The van der Waals surface area contributed by atoms with Crippen molar-refractivity contribution in [1.29, 1.82) is 0 Å². The highest BCUT2D eigenvalue weighted by atomic mass is 16.5. The average Bonchev–Trinajstić information content (AvgIpc) is 2.70. The standard InChI is InChI=1S/C22H28N2O3/c1-2-17-7-5-6-10-21(17)27-16-22(26)23-13-20(25)15-24-12-11-18-8-3-4-9-19(18)14-24/h3-10,20,25H,2,11-16H2,1H3,(H,23,26). The monoisotopic (exact) mass is 368 g/mol. The minimum atomic E-state index is -0.595.